The molecule has 0 amide bonds. The number of hydrogen-bond acceptors (Lipinski definition) is 5. The zero-order chi connectivity index (χ0) is 18.3. The van der Waals surface area contributed by atoms with Gasteiger partial charge < -0.3 is 5.11 Å². The number of aromatic nitrogens is 3. The average molecular weight is 387 g/mol. The molecule has 4 rings (SSSR count). The molecule has 1 aliphatic heterocycles. The third-order valence-electron chi connectivity index (χ3n) is 4.47. The number of benzene rings is 1. The summed E-state index contributed by atoms with van der Waals surface area (Å²) in [6.07, 6.45) is 1.59. The van der Waals surface area contributed by atoms with Gasteiger partial charge in [0.2, 0.25) is 0 Å². The number of aliphatic hydroxyl groups excluding tert-OH is 1. The Morgan fingerprint density at radius 3 is 2.73 bits per heavy atom. The summed E-state index contributed by atoms with van der Waals surface area (Å²) in [4.78, 5) is 6.19. The van der Waals surface area contributed by atoms with Crippen LogP contribution < -0.4 is 0 Å². The second-order valence-electron chi connectivity index (χ2n) is 6.36. The van der Waals surface area contributed by atoms with Crippen molar-refractivity contribution in [2.24, 2.45) is 4.99 Å². The lowest BCUT2D eigenvalue weighted by Crippen LogP contribution is -2.05. The molecule has 0 bridgehead atoms. The van der Waals surface area contributed by atoms with Crippen LogP contribution >= 0.6 is 22.9 Å². The summed E-state index contributed by atoms with van der Waals surface area (Å²) in [7, 11) is 0. The van der Waals surface area contributed by atoms with Gasteiger partial charge in [-0.25, -0.2) is 0 Å². The van der Waals surface area contributed by atoms with Crippen molar-refractivity contribution < 1.29 is 5.11 Å². The van der Waals surface area contributed by atoms with Gasteiger partial charge in [-0.3, -0.25) is 9.56 Å². The van der Waals surface area contributed by atoms with Crippen molar-refractivity contribution in [2.75, 3.05) is 6.61 Å². The summed E-state index contributed by atoms with van der Waals surface area (Å²) in [5.74, 6) is 1.71. The molecule has 26 heavy (non-hydrogen) atoms. The number of nitrogens with zero attached hydrogens (tertiary/aromatic N) is 4. The Kier molecular flexibility index (Phi) is 4.65. The molecule has 0 spiro atoms. The third kappa shape index (κ3) is 2.98. The van der Waals surface area contributed by atoms with Crippen LogP contribution in [0.25, 0.3) is 5.00 Å². The van der Waals surface area contributed by atoms with Crippen LogP contribution in [0, 0.1) is 6.92 Å². The van der Waals surface area contributed by atoms with E-state index < -0.39 is 0 Å². The molecule has 1 atom stereocenters. The quantitative estimate of drug-likeness (QED) is 0.733. The van der Waals surface area contributed by atoms with E-state index in [1.54, 1.807) is 11.3 Å². The van der Waals surface area contributed by atoms with Crippen molar-refractivity contribution in [3.05, 3.63) is 63.0 Å². The molecular weight excluding hydrogens is 368 g/mol. The smallest absolute Gasteiger partial charge is 0.162 e. The molecule has 0 saturated heterocycles. The fourth-order valence-corrected chi connectivity index (χ4v) is 4.58. The van der Waals surface area contributed by atoms with Gasteiger partial charge in [-0.15, -0.1) is 21.5 Å². The summed E-state index contributed by atoms with van der Waals surface area (Å²) >= 11 is 7.78. The van der Waals surface area contributed by atoms with Gasteiger partial charge in [-0.2, -0.15) is 0 Å². The van der Waals surface area contributed by atoms with E-state index in [1.165, 1.54) is 4.88 Å². The highest BCUT2D eigenvalue weighted by Gasteiger charge is 2.27. The molecule has 0 radical (unpaired) electrons. The second kappa shape index (κ2) is 6.95. The van der Waals surface area contributed by atoms with Crippen LogP contribution in [0.15, 0.2) is 35.3 Å². The molecular formula is C19H19ClN4OS. The minimum atomic E-state index is -0.0950. The Morgan fingerprint density at radius 1 is 1.23 bits per heavy atom. The Balaban J connectivity index is 1.91. The zero-order valence-corrected chi connectivity index (χ0v) is 16.2. The van der Waals surface area contributed by atoms with Gasteiger partial charge in [-0.05, 0) is 44.9 Å². The molecule has 1 N–H and O–H groups in total. The van der Waals surface area contributed by atoms with Gasteiger partial charge >= 0.3 is 0 Å². The molecule has 1 aromatic carbocycles. The van der Waals surface area contributed by atoms with E-state index >= 15 is 0 Å². The van der Waals surface area contributed by atoms with Gasteiger partial charge in [0.15, 0.2) is 5.82 Å². The van der Waals surface area contributed by atoms with Crippen LogP contribution in [-0.2, 0) is 6.42 Å². The van der Waals surface area contributed by atoms with Gasteiger partial charge in [-0.1, -0.05) is 23.7 Å². The van der Waals surface area contributed by atoms with E-state index in [9.17, 15) is 5.11 Å². The molecule has 3 aromatic rings. The van der Waals surface area contributed by atoms with Crippen LogP contribution in [0.4, 0.5) is 0 Å². The van der Waals surface area contributed by atoms with Crippen molar-refractivity contribution in [3.8, 4) is 5.00 Å². The lowest BCUT2D eigenvalue weighted by molar-refractivity contribution is 0.289. The first kappa shape index (κ1) is 17.4. The zero-order valence-electron chi connectivity index (χ0n) is 14.6. The first-order valence-corrected chi connectivity index (χ1v) is 9.78. The molecule has 1 aliphatic rings. The van der Waals surface area contributed by atoms with E-state index in [0.717, 1.165) is 46.3 Å². The molecule has 5 nitrogen and oxygen atoms in total. The van der Waals surface area contributed by atoms with E-state index in [2.05, 4.69) is 20.8 Å². The van der Waals surface area contributed by atoms with Gasteiger partial charge in [0.1, 0.15) is 16.9 Å². The van der Waals surface area contributed by atoms with Crippen LogP contribution in [0.1, 0.15) is 47.0 Å². The number of aliphatic imine (C=N–C) groups is 1. The molecule has 0 fully saturated rings. The van der Waals surface area contributed by atoms with E-state index in [4.69, 9.17) is 16.6 Å². The number of thiophene rings is 1. The fourth-order valence-electron chi connectivity index (χ4n) is 3.20. The first-order chi connectivity index (χ1) is 12.6. The third-order valence-corrected chi connectivity index (χ3v) is 5.90. The largest absolute Gasteiger partial charge is 0.396 e. The molecule has 3 heterocycles. The molecule has 0 aliphatic carbocycles. The van der Waals surface area contributed by atoms with Gasteiger partial charge in [0.25, 0.3) is 0 Å². The maximum Gasteiger partial charge on any atom is 0.162 e. The number of halogens is 1. The van der Waals surface area contributed by atoms with E-state index in [0.29, 0.717) is 5.02 Å². The molecule has 134 valence electrons. The number of rotatable bonds is 4. The van der Waals surface area contributed by atoms with Gasteiger partial charge in [0.05, 0.1) is 5.71 Å². The molecule has 0 saturated carbocycles. The Morgan fingerprint density at radius 2 is 2.00 bits per heavy atom. The van der Waals surface area contributed by atoms with Crippen LogP contribution in [0.5, 0.6) is 0 Å². The normalized spacial score (nSPS) is 16.0. The average Bonchev–Trinajstić information content (AvgIpc) is 3.19. The van der Waals surface area contributed by atoms with E-state index in [1.807, 2.05) is 38.1 Å². The highest BCUT2D eigenvalue weighted by molar-refractivity contribution is 7.15. The van der Waals surface area contributed by atoms with Crippen molar-refractivity contribution in [3.63, 3.8) is 0 Å². The maximum absolute atomic E-state index is 9.18. The first-order valence-electron chi connectivity index (χ1n) is 8.58. The second-order valence-corrected chi connectivity index (χ2v) is 7.91. The van der Waals surface area contributed by atoms with Crippen LogP contribution in [0.2, 0.25) is 5.02 Å². The summed E-state index contributed by atoms with van der Waals surface area (Å²) in [6.45, 7) is 4.20. The van der Waals surface area contributed by atoms with E-state index in [-0.39, 0.29) is 12.6 Å². The predicted molar refractivity (Wildman–Crippen MR) is 105 cm³/mol. The molecule has 2 aromatic heterocycles. The SMILES string of the molecule is Cc1nnc2n1-c1sc(CCCO)cc1C(c1ccc(Cl)cc1)=NC2C. The highest BCUT2D eigenvalue weighted by Crippen LogP contribution is 2.36. The Bertz CT molecular complexity index is 974. The number of fused-ring (bicyclic) bond motifs is 3. The topological polar surface area (TPSA) is 63.3 Å². The number of aryl methyl sites for hydroxylation is 2. The summed E-state index contributed by atoms with van der Waals surface area (Å²) in [5.41, 5.74) is 3.06. The Hall–Kier alpha value is -2.02. The number of hydrogen-bond donors (Lipinski definition) is 1. The Labute approximate surface area is 161 Å². The standard InChI is InChI=1S/C19H19ClN4OS/c1-11-18-23-22-12(2)24(18)19-16(10-15(26-19)4-3-9-25)17(21-11)13-5-7-14(20)8-6-13/h5-8,10-11,25H,3-4,9H2,1-2H3. The maximum atomic E-state index is 9.18. The van der Waals surface area contributed by atoms with Crippen molar-refractivity contribution in [1.82, 2.24) is 14.8 Å². The van der Waals surface area contributed by atoms with Crippen molar-refractivity contribution >= 4 is 28.6 Å². The van der Waals surface area contributed by atoms with Crippen LogP contribution in [-0.4, -0.2) is 32.2 Å². The molecule has 7 heteroatoms. The minimum absolute atomic E-state index is 0.0950. The lowest BCUT2D eigenvalue weighted by atomic mass is 10.0. The van der Waals surface area contributed by atoms with Crippen LogP contribution in [0.3, 0.4) is 0 Å². The highest BCUT2D eigenvalue weighted by atomic mass is 35.5. The predicted octanol–water partition coefficient (Wildman–Crippen LogP) is 4.13. The minimum Gasteiger partial charge on any atom is -0.396 e. The molecule has 1 unspecified atom stereocenters. The summed E-state index contributed by atoms with van der Waals surface area (Å²) in [6, 6.07) is 9.87. The summed E-state index contributed by atoms with van der Waals surface area (Å²) in [5, 5.41) is 19.6. The van der Waals surface area contributed by atoms with Gasteiger partial charge in [0, 0.05) is 27.6 Å². The number of aliphatic hydroxyl groups is 1. The summed E-state index contributed by atoms with van der Waals surface area (Å²) < 4.78 is 2.11. The monoisotopic (exact) mass is 386 g/mol. The van der Waals surface area contributed by atoms with Crippen molar-refractivity contribution in [1.29, 1.82) is 0 Å². The lowest BCUT2D eigenvalue weighted by Gasteiger charge is -2.07. The van der Waals surface area contributed by atoms with Crippen molar-refractivity contribution in [2.45, 2.75) is 32.7 Å². The fraction of sp³-hybridized carbons (Fsp3) is 0.316.